The average molecular weight is 304 g/mol. The highest BCUT2D eigenvalue weighted by Crippen LogP contribution is 2.26. The van der Waals surface area contributed by atoms with E-state index in [4.69, 9.17) is 4.74 Å². The number of rotatable bonds is 7. The van der Waals surface area contributed by atoms with Crippen molar-refractivity contribution in [1.29, 1.82) is 0 Å². The molecule has 0 saturated carbocycles. The van der Waals surface area contributed by atoms with Crippen molar-refractivity contribution in [1.82, 2.24) is 4.98 Å². The first-order valence-electron chi connectivity index (χ1n) is 7.21. The van der Waals surface area contributed by atoms with Gasteiger partial charge in [-0.25, -0.2) is 4.98 Å². The van der Waals surface area contributed by atoms with Gasteiger partial charge >= 0.3 is 0 Å². The summed E-state index contributed by atoms with van der Waals surface area (Å²) in [5.41, 5.74) is 1.89. The predicted octanol–water partition coefficient (Wildman–Crippen LogP) is 4.34. The van der Waals surface area contributed by atoms with Crippen LogP contribution in [0.1, 0.15) is 33.1 Å². The molecule has 1 aromatic carbocycles. The minimum atomic E-state index is 0.0319. The molecule has 0 unspecified atom stereocenters. The third kappa shape index (κ3) is 4.56. The number of thiazole rings is 1. The van der Waals surface area contributed by atoms with E-state index in [1.54, 1.807) is 0 Å². The second kappa shape index (κ2) is 7.78. The number of anilines is 1. The van der Waals surface area contributed by atoms with Gasteiger partial charge in [-0.2, -0.15) is 0 Å². The van der Waals surface area contributed by atoms with Crippen LogP contribution in [0.5, 0.6) is 5.75 Å². The summed E-state index contributed by atoms with van der Waals surface area (Å²) in [7, 11) is 0. The number of carbonyl (C=O) groups is 1. The quantitative estimate of drug-likeness (QED) is 0.828. The van der Waals surface area contributed by atoms with Crippen molar-refractivity contribution in [2.24, 2.45) is 0 Å². The lowest BCUT2D eigenvalue weighted by atomic mass is 10.2. The van der Waals surface area contributed by atoms with Crippen molar-refractivity contribution in [3.63, 3.8) is 0 Å². The Morgan fingerprint density at radius 3 is 2.71 bits per heavy atom. The van der Waals surface area contributed by atoms with E-state index in [9.17, 15) is 4.79 Å². The molecule has 5 heteroatoms. The SMILES string of the molecule is CCCCC(=O)Nc1nc(-c2ccc(OCC)cc2)cs1. The van der Waals surface area contributed by atoms with Crippen molar-refractivity contribution in [3.05, 3.63) is 29.6 Å². The minimum Gasteiger partial charge on any atom is -0.494 e. The molecule has 1 N–H and O–H groups in total. The van der Waals surface area contributed by atoms with E-state index in [2.05, 4.69) is 17.2 Å². The highest BCUT2D eigenvalue weighted by atomic mass is 32.1. The molecule has 0 aliphatic heterocycles. The number of amides is 1. The molecule has 0 bridgehead atoms. The minimum absolute atomic E-state index is 0.0319. The number of nitrogens with one attached hydrogen (secondary N) is 1. The molecule has 0 fully saturated rings. The van der Waals surface area contributed by atoms with E-state index in [-0.39, 0.29) is 5.91 Å². The molecule has 0 aliphatic rings. The van der Waals surface area contributed by atoms with Gasteiger partial charge in [-0.3, -0.25) is 4.79 Å². The largest absolute Gasteiger partial charge is 0.494 e. The molecule has 21 heavy (non-hydrogen) atoms. The standard InChI is InChI=1S/C16H20N2O2S/c1-3-5-6-15(19)18-16-17-14(11-21-16)12-7-9-13(10-8-12)20-4-2/h7-11H,3-6H2,1-2H3,(H,17,18,19). The van der Waals surface area contributed by atoms with E-state index >= 15 is 0 Å². The molecule has 112 valence electrons. The van der Waals surface area contributed by atoms with Crippen molar-refractivity contribution in [2.45, 2.75) is 33.1 Å². The molecule has 1 aromatic heterocycles. The summed E-state index contributed by atoms with van der Waals surface area (Å²) < 4.78 is 5.42. The van der Waals surface area contributed by atoms with Crippen LogP contribution < -0.4 is 10.1 Å². The Bertz CT molecular complexity index is 578. The number of hydrogen-bond donors (Lipinski definition) is 1. The molecular formula is C16H20N2O2S. The first kappa shape index (κ1) is 15.5. The van der Waals surface area contributed by atoms with E-state index < -0.39 is 0 Å². The number of benzene rings is 1. The van der Waals surface area contributed by atoms with Crippen LogP contribution in [0.25, 0.3) is 11.3 Å². The zero-order valence-electron chi connectivity index (χ0n) is 12.4. The van der Waals surface area contributed by atoms with Crippen molar-refractivity contribution in [2.75, 3.05) is 11.9 Å². The van der Waals surface area contributed by atoms with E-state index in [1.165, 1.54) is 11.3 Å². The number of nitrogens with zero attached hydrogens (tertiary/aromatic N) is 1. The lowest BCUT2D eigenvalue weighted by Crippen LogP contribution is -2.10. The van der Waals surface area contributed by atoms with Crippen LogP contribution >= 0.6 is 11.3 Å². The highest BCUT2D eigenvalue weighted by molar-refractivity contribution is 7.14. The third-order valence-corrected chi connectivity index (χ3v) is 3.73. The molecule has 4 nitrogen and oxygen atoms in total. The van der Waals surface area contributed by atoms with Crippen molar-refractivity contribution < 1.29 is 9.53 Å². The van der Waals surface area contributed by atoms with Gasteiger partial charge in [0.25, 0.3) is 0 Å². The Labute approximate surface area is 129 Å². The molecule has 0 spiro atoms. The summed E-state index contributed by atoms with van der Waals surface area (Å²) in [5, 5.41) is 5.44. The average Bonchev–Trinajstić information content (AvgIpc) is 2.94. The van der Waals surface area contributed by atoms with Gasteiger partial charge < -0.3 is 10.1 Å². The first-order chi connectivity index (χ1) is 10.2. The summed E-state index contributed by atoms with van der Waals surface area (Å²) in [6, 6.07) is 7.81. The maximum atomic E-state index is 11.7. The van der Waals surface area contributed by atoms with Gasteiger partial charge in [-0.1, -0.05) is 13.3 Å². The topological polar surface area (TPSA) is 51.2 Å². The van der Waals surface area contributed by atoms with Gasteiger partial charge in [-0.15, -0.1) is 11.3 Å². The number of ether oxygens (including phenoxy) is 1. The Morgan fingerprint density at radius 1 is 1.29 bits per heavy atom. The smallest absolute Gasteiger partial charge is 0.226 e. The summed E-state index contributed by atoms with van der Waals surface area (Å²) >= 11 is 1.45. The van der Waals surface area contributed by atoms with Crippen LogP contribution in [-0.2, 0) is 4.79 Å². The summed E-state index contributed by atoms with van der Waals surface area (Å²) in [6.45, 7) is 4.69. The Kier molecular flexibility index (Phi) is 5.75. The molecule has 1 heterocycles. The van der Waals surface area contributed by atoms with E-state index in [0.717, 1.165) is 29.8 Å². The fourth-order valence-corrected chi connectivity index (χ4v) is 2.61. The van der Waals surface area contributed by atoms with Crippen LogP contribution in [0, 0.1) is 0 Å². The molecule has 0 atom stereocenters. The Balaban J connectivity index is 2.00. The molecule has 0 radical (unpaired) electrons. The highest BCUT2D eigenvalue weighted by Gasteiger charge is 2.08. The van der Waals surface area contributed by atoms with Crippen LogP contribution in [0.3, 0.4) is 0 Å². The molecule has 1 amide bonds. The van der Waals surface area contributed by atoms with Crippen LogP contribution in [0.2, 0.25) is 0 Å². The fourth-order valence-electron chi connectivity index (χ4n) is 1.87. The number of aromatic nitrogens is 1. The number of hydrogen-bond acceptors (Lipinski definition) is 4. The predicted molar refractivity (Wildman–Crippen MR) is 86.9 cm³/mol. The molecule has 0 saturated heterocycles. The summed E-state index contributed by atoms with van der Waals surface area (Å²) in [6.07, 6.45) is 2.47. The molecule has 2 rings (SSSR count). The number of unbranched alkanes of at least 4 members (excludes halogenated alkanes) is 1. The van der Waals surface area contributed by atoms with E-state index in [0.29, 0.717) is 18.2 Å². The zero-order valence-corrected chi connectivity index (χ0v) is 13.2. The van der Waals surface area contributed by atoms with Gasteiger partial charge in [0.2, 0.25) is 5.91 Å². The number of carbonyl (C=O) groups excluding carboxylic acids is 1. The monoisotopic (exact) mass is 304 g/mol. The zero-order chi connectivity index (χ0) is 15.1. The van der Waals surface area contributed by atoms with Crippen molar-refractivity contribution >= 4 is 22.4 Å². The second-order valence-corrected chi connectivity index (χ2v) is 5.51. The first-order valence-corrected chi connectivity index (χ1v) is 8.09. The lowest BCUT2D eigenvalue weighted by Gasteiger charge is -2.03. The Morgan fingerprint density at radius 2 is 2.05 bits per heavy atom. The third-order valence-electron chi connectivity index (χ3n) is 2.97. The maximum absolute atomic E-state index is 11.7. The van der Waals surface area contributed by atoms with Crippen LogP contribution in [0.15, 0.2) is 29.6 Å². The molecular weight excluding hydrogens is 284 g/mol. The normalized spacial score (nSPS) is 10.4. The van der Waals surface area contributed by atoms with Crippen LogP contribution in [-0.4, -0.2) is 17.5 Å². The maximum Gasteiger partial charge on any atom is 0.226 e. The molecule has 2 aromatic rings. The molecule has 0 aliphatic carbocycles. The summed E-state index contributed by atoms with van der Waals surface area (Å²) in [4.78, 5) is 16.1. The van der Waals surface area contributed by atoms with Crippen molar-refractivity contribution in [3.8, 4) is 17.0 Å². The van der Waals surface area contributed by atoms with Gasteiger partial charge in [0.05, 0.1) is 12.3 Å². The van der Waals surface area contributed by atoms with Crippen LogP contribution in [0.4, 0.5) is 5.13 Å². The Hall–Kier alpha value is -1.88. The fraction of sp³-hybridized carbons (Fsp3) is 0.375. The van der Waals surface area contributed by atoms with Gasteiger partial charge in [-0.05, 0) is 37.6 Å². The lowest BCUT2D eigenvalue weighted by molar-refractivity contribution is -0.116. The van der Waals surface area contributed by atoms with Gasteiger partial charge in [0, 0.05) is 17.4 Å². The van der Waals surface area contributed by atoms with Gasteiger partial charge in [0.15, 0.2) is 5.13 Å². The van der Waals surface area contributed by atoms with Gasteiger partial charge in [0.1, 0.15) is 5.75 Å². The second-order valence-electron chi connectivity index (χ2n) is 4.65. The summed E-state index contributed by atoms with van der Waals surface area (Å²) in [5.74, 6) is 0.883. The van der Waals surface area contributed by atoms with E-state index in [1.807, 2.05) is 36.6 Å².